The lowest BCUT2D eigenvalue weighted by Gasteiger charge is -2.28. The van der Waals surface area contributed by atoms with E-state index >= 15 is 0 Å². The molecule has 0 spiro atoms. The van der Waals surface area contributed by atoms with E-state index in [1.807, 2.05) is 78.9 Å². The van der Waals surface area contributed by atoms with Crippen LogP contribution in [0.3, 0.4) is 0 Å². The lowest BCUT2D eigenvalue weighted by molar-refractivity contribution is -0.132. The fourth-order valence-electron chi connectivity index (χ4n) is 7.92. The van der Waals surface area contributed by atoms with Crippen molar-refractivity contribution in [1.29, 1.82) is 0 Å². The summed E-state index contributed by atoms with van der Waals surface area (Å²) in [5, 5.41) is 20.5. The van der Waals surface area contributed by atoms with Crippen LogP contribution >= 0.6 is 0 Å². The SMILES string of the molecule is CN=C(N)NCCC[C@H](NC(=O)[C@H](CC1CCCCC1)NC(=O)c1nc(NC(=O)OCC2c3ccccc3-c3ccccc32)n[nH]1)C(=O)N[C@@H](Cc1ccccc1)C(C)=O. The average Bonchev–Trinajstić information content (AvgIpc) is 3.86. The summed E-state index contributed by atoms with van der Waals surface area (Å²) in [5.74, 6) is -2.20. The fraction of sp³-hybridized carbons (Fsp3) is 0.409. The lowest BCUT2D eigenvalue weighted by Crippen LogP contribution is -2.56. The number of anilines is 1. The van der Waals surface area contributed by atoms with Crippen LogP contribution in [-0.2, 0) is 25.5 Å². The van der Waals surface area contributed by atoms with Gasteiger partial charge in [-0.3, -0.25) is 34.6 Å². The van der Waals surface area contributed by atoms with Gasteiger partial charge in [0, 0.05) is 19.5 Å². The van der Waals surface area contributed by atoms with E-state index in [1.54, 1.807) is 7.05 Å². The maximum Gasteiger partial charge on any atom is 0.414 e. The first-order valence-corrected chi connectivity index (χ1v) is 20.6. The molecule has 316 valence electrons. The number of nitrogens with one attached hydrogen (secondary N) is 6. The minimum Gasteiger partial charge on any atom is -0.448 e. The number of aromatic nitrogens is 3. The molecule has 2 aliphatic rings. The molecule has 1 aromatic heterocycles. The Morgan fingerprint density at radius 2 is 1.47 bits per heavy atom. The highest BCUT2D eigenvalue weighted by molar-refractivity contribution is 5.97. The first kappa shape index (κ1) is 43.0. The van der Waals surface area contributed by atoms with Crippen molar-refractivity contribution >= 4 is 41.5 Å². The predicted octanol–water partition coefficient (Wildman–Crippen LogP) is 4.35. The Morgan fingerprint density at radius 3 is 2.13 bits per heavy atom. The van der Waals surface area contributed by atoms with Crippen LogP contribution in [0.25, 0.3) is 11.1 Å². The molecule has 3 atom stereocenters. The number of Topliss-reactive ketones (excluding diaryl/α,β-unsaturated/α-hetero) is 1. The van der Waals surface area contributed by atoms with Gasteiger partial charge in [0.25, 0.3) is 11.9 Å². The van der Waals surface area contributed by atoms with Crippen LogP contribution < -0.4 is 32.3 Å². The van der Waals surface area contributed by atoms with Crippen LogP contribution in [0.4, 0.5) is 10.7 Å². The summed E-state index contributed by atoms with van der Waals surface area (Å²) in [4.78, 5) is 75.2. The van der Waals surface area contributed by atoms with Crippen LogP contribution in [0.15, 0.2) is 83.9 Å². The molecule has 1 fully saturated rings. The van der Waals surface area contributed by atoms with Crippen LogP contribution in [-0.4, -0.2) is 89.1 Å². The largest absolute Gasteiger partial charge is 0.448 e. The smallest absolute Gasteiger partial charge is 0.414 e. The number of benzene rings is 3. The first-order chi connectivity index (χ1) is 29.1. The van der Waals surface area contributed by atoms with Gasteiger partial charge in [0.1, 0.15) is 18.7 Å². The molecular formula is C44H54N10O6. The van der Waals surface area contributed by atoms with Crippen molar-refractivity contribution in [3.8, 4) is 11.1 Å². The molecule has 0 radical (unpaired) electrons. The Morgan fingerprint density at radius 1 is 0.833 bits per heavy atom. The summed E-state index contributed by atoms with van der Waals surface area (Å²) >= 11 is 0. The molecule has 2 aliphatic carbocycles. The predicted molar refractivity (Wildman–Crippen MR) is 227 cm³/mol. The quantitative estimate of drug-likeness (QED) is 0.0426. The second kappa shape index (κ2) is 20.9. The number of aliphatic imine (C=N–C) groups is 1. The van der Waals surface area contributed by atoms with E-state index in [0.29, 0.717) is 19.4 Å². The third kappa shape index (κ3) is 11.5. The summed E-state index contributed by atoms with van der Waals surface area (Å²) in [5.41, 5.74) is 11.0. The number of ketones is 1. The standard InChI is InChI=1S/C44H54N10O6/c1-27(55)36(24-28-14-5-3-6-15-28)49-39(56)35(22-13-23-47-42(45)46-2)48-40(57)37(25-29-16-7-4-8-17-29)50-41(58)38-51-43(54-53-38)52-44(59)60-26-34-32-20-11-9-18-30(32)31-19-10-12-21-33(31)34/h3,5-6,9-12,14-15,18-21,29,34-37H,4,7-8,13,16-17,22-26H2,1-2H3,(H,48,57)(H,49,56)(H,50,58)(H3,45,46,47)(H2,51,52,53,54,59)/t35-,36-,37-/m0/s1. The summed E-state index contributed by atoms with van der Waals surface area (Å²) in [7, 11) is 1.55. The number of carbonyl (C=O) groups excluding carboxylic acids is 5. The van der Waals surface area contributed by atoms with E-state index in [9.17, 15) is 24.0 Å². The minimum atomic E-state index is -1.04. The number of nitrogens with two attached hydrogens (primary N) is 1. The molecule has 16 heteroatoms. The van der Waals surface area contributed by atoms with E-state index < -0.39 is 41.9 Å². The molecule has 1 heterocycles. The number of H-pyrrole nitrogens is 1. The van der Waals surface area contributed by atoms with Gasteiger partial charge >= 0.3 is 6.09 Å². The Balaban J connectivity index is 1.11. The third-order valence-electron chi connectivity index (χ3n) is 11.1. The number of aromatic amines is 1. The molecular weight excluding hydrogens is 765 g/mol. The number of ether oxygens (including phenoxy) is 1. The Labute approximate surface area is 349 Å². The fourth-order valence-corrected chi connectivity index (χ4v) is 7.92. The van der Waals surface area contributed by atoms with E-state index in [2.05, 4.69) is 46.8 Å². The molecule has 0 saturated heterocycles. The molecule has 3 aromatic carbocycles. The Hall–Kier alpha value is -6.58. The van der Waals surface area contributed by atoms with Gasteiger partial charge in [-0.15, -0.1) is 5.10 Å². The molecule has 1 saturated carbocycles. The minimum absolute atomic E-state index is 0.0780. The average molecular weight is 819 g/mol. The summed E-state index contributed by atoms with van der Waals surface area (Å²) in [6.07, 6.45) is 5.36. The zero-order valence-corrected chi connectivity index (χ0v) is 34.0. The summed E-state index contributed by atoms with van der Waals surface area (Å²) < 4.78 is 5.60. The Bertz CT molecular complexity index is 2110. The number of nitrogens with zero attached hydrogens (tertiary/aromatic N) is 3. The van der Waals surface area contributed by atoms with Crippen LogP contribution in [0.5, 0.6) is 0 Å². The highest BCUT2D eigenvalue weighted by Crippen LogP contribution is 2.44. The number of guanidine groups is 1. The van der Waals surface area contributed by atoms with Gasteiger partial charge in [0.05, 0.1) is 6.04 Å². The molecule has 8 N–H and O–H groups in total. The van der Waals surface area contributed by atoms with Crippen molar-refractivity contribution in [2.75, 3.05) is 25.5 Å². The van der Waals surface area contributed by atoms with Gasteiger partial charge in [0.2, 0.25) is 17.6 Å². The number of hydrogen-bond donors (Lipinski definition) is 7. The maximum atomic E-state index is 14.1. The number of hydrogen-bond acceptors (Lipinski definition) is 9. The number of rotatable bonds is 18. The van der Waals surface area contributed by atoms with Crippen molar-refractivity contribution < 1.29 is 28.7 Å². The monoisotopic (exact) mass is 818 g/mol. The van der Waals surface area contributed by atoms with Gasteiger partial charge in [-0.1, -0.05) is 111 Å². The van der Waals surface area contributed by atoms with Gasteiger partial charge in [-0.2, -0.15) is 4.98 Å². The normalized spacial score (nSPS) is 15.4. The van der Waals surface area contributed by atoms with E-state index in [-0.39, 0.29) is 54.8 Å². The van der Waals surface area contributed by atoms with E-state index in [0.717, 1.165) is 59.9 Å². The van der Waals surface area contributed by atoms with Crippen molar-refractivity contribution in [1.82, 2.24) is 36.4 Å². The first-order valence-electron chi connectivity index (χ1n) is 20.6. The van der Waals surface area contributed by atoms with E-state index in [1.165, 1.54) is 6.92 Å². The molecule has 0 aliphatic heterocycles. The van der Waals surface area contributed by atoms with Crippen molar-refractivity contribution in [3.05, 3.63) is 101 Å². The van der Waals surface area contributed by atoms with Gasteiger partial charge in [0.15, 0.2) is 11.7 Å². The zero-order valence-electron chi connectivity index (χ0n) is 34.0. The Kier molecular flexibility index (Phi) is 15.0. The summed E-state index contributed by atoms with van der Waals surface area (Å²) in [6.45, 7) is 1.87. The van der Waals surface area contributed by atoms with Gasteiger partial charge in [-0.25, -0.2) is 4.79 Å². The molecule has 60 heavy (non-hydrogen) atoms. The number of carbonyl (C=O) groups is 5. The number of fused-ring (bicyclic) bond motifs is 3. The summed E-state index contributed by atoms with van der Waals surface area (Å²) in [6, 6.07) is 22.4. The molecule has 6 rings (SSSR count). The van der Waals surface area contributed by atoms with Crippen LogP contribution in [0.1, 0.15) is 91.5 Å². The van der Waals surface area contributed by atoms with Crippen molar-refractivity contribution in [3.63, 3.8) is 0 Å². The second-order valence-electron chi connectivity index (χ2n) is 15.3. The molecule has 16 nitrogen and oxygen atoms in total. The highest BCUT2D eigenvalue weighted by atomic mass is 16.5. The molecule has 4 amide bonds. The highest BCUT2D eigenvalue weighted by Gasteiger charge is 2.32. The topological polar surface area (TPSA) is 235 Å². The lowest BCUT2D eigenvalue weighted by atomic mass is 9.84. The van der Waals surface area contributed by atoms with Gasteiger partial charge < -0.3 is 31.7 Å². The molecule has 0 bridgehead atoms. The van der Waals surface area contributed by atoms with E-state index in [4.69, 9.17) is 10.5 Å². The maximum absolute atomic E-state index is 14.1. The van der Waals surface area contributed by atoms with Crippen molar-refractivity contribution in [2.45, 2.75) is 88.8 Å². The van der Waals surface area contributed by atoms with Crippen molar-refractivity contribution in [2.24, 2.45) is 16.6 Å². The van der Waals surface area contributed by atoms with Gasteiger partial charge in [-0.05, 0) is 66.3 Å². The second-order valence-corrected chi connectivity index (χ2v) is 15.3. The van der Waals surface area contributed by atoms with Crippen LogP contribution in [0, 0.1) is 5.92 Å². The zero-order chi connectivity index (χ0) is 42.4. The molecule has 4 aromatic rings. The van der Waals surface area contributed by atoms with Crippen LogP contribution in [0.2, 0.25) is 0 Å². The number of amides is 4. The molecule has 0 unspecified atom stereocenters. The third-order valence-corrected chi connectivity index (χ3v) is 11.1.